The quantitative estimate of drug-likeness (QED) is 0.699. The van der Waals surface area contributed by atoms with E-state index in [2.05, 4.69) is 5.32 Å². The van der Waals surface area contributed by atoms with Crippen LogP contribution in [0.15, 0.2) is 0 Å². The van der Waals surface area contributed by atoms with E-state index in [0.29, 0.717) is 19.8 Å². The number of aliphatic hydroxyl groups is 1. The van der Waals surface area contributed by atoms with Crippen molar-refractivity contribution >= 4 is 0 Å². The highest BCUT2D eigenvalue weighted by molar-refractivity contribution is 4.80. The molecule has 4 nitrogen and oxygen atoms in total. The van der Waals surface area contributed by atoms with Gasteiger partial charge in [-0.3, -0.25) is 0 Å². The van der Waals surface area contributed by atoms with Gasteiger partial charge in [0, 0.05) is 12.6 Å². The minimum Gasteiger partial charge on any atom is -0.392 e. The molecule has 3 unspecified atom stereocenters. The van der Waals surface area contributed by atoms with Gasteiger partial charge in [-0.25, -0.2) is 0 Å². The Kier molecular flexibility index (Phi) is 5.03. The summed E-state index contributed by atoms with van der Waals surface area (Å²) in [6.07, 6.45) is 5.60. The van der Waals surface area contributed by atoms with Crippen LogP contribution in [0.2, 0.25) is 0 Å². The zero-order valence-corrected chi connectivity index (χ0v) is 9.86. The van der Waals surface area contributed by atoms with E-state index in [-0.39, 0.29) is 18.2 Å². The second-order valence-electron chi connectivity index (χ2n) is 4.79. The normalized spacial score (nSPS) is 36.9. The molecule has 1 aliphatic carbocycles. The monoisotopic (exact) mass is 229 g/mol. The first-order valence-corrected chi connectivity index (χ1v) is 6.47. The highest BCUT2D eigenvalue weighted by Crippen LogP contribution is 2.18. The lowest BCUT2D eigenvalue weighted by molar-refractivity contribution is -0.0881. The van der Waals surface area contributed by atoms with Gasteiger partial charge >= 0.3 is 0 Å². The van der Waals surface area contributed by atoms with Crippen molar-refractivity contribution in [3.05, 3.63) is 0 Å². The molecule has 0 aromatic heterocycles. The molecule has 1 heterocycles. The van der Waals surface area contributed by atoms with Gasteiger partial charge in [0.1, 0.15) is 0 Å². The molecule has 1 aliphatic heterocycles. The Bertz CT molecular complexity index is 195. The average molecular weight is 229 g/mol. The Balaban J connectivity index is 1.70. The van der Waals surface area contributed by atoms with Crippen LogP contribution in [0.4, 0.5) is 0 Å². The summed E-state index contributed by atoms with van der Waals surface area (Å²) in [6.45, 7) is 2.87. The van der Waals surface area contributed by atoms with Gasteiger partial charge in [0.15, 0.2) is 0 Å². The second kappa shape index (κ2) is 6.55. The maximum Gasteiger partial charge on any atom is 0.0933 e. The molecule has 0 aromatic carbocycles. The zero-order valence-electron chi connectivity index (χ0n) is 9.86. The third kappa shape index (κ3) is 3.70. The third-order valence-electron chi connectivity index (χ3n) is 3.47. The van der Waals surface area contributed by atoms with Gasteiger partial charge in [-0.1, -0.05) is 19.3 Å². The second-order valence-corrected chi connectivity index (χ2v) is 4.79. The lowest BCUT2D eigenvalue weighted by Crippen LogP contribution is -2.45. The first kappa shape index (κ1) is 12.3. The molecule has 2 aliphatic rings. The summed E-state index contributed by atoms with van der Waals surface area (Å²) in [5, 5.41) is 13.4. The van der Waals surface area contributed by atoms with E-state index in [1.54, 1.807) is 0 Å². The van der Waals surface area contributed by atoms with Crippen LogP contribution < -0.4 is 5.32 Å². The lowest BCUT2D eigenvalue weighted by atomic mass is 10.1. The number of hydrogen-bond acceptors (Lipinski definition) is 4. The Labute approximate surface area is 97.3 Å². The number of hydrogen-bond donors (Lipinski definition) is 2. The van der Waals surface area contributed by atoms with Gasteiger partial charge in [-0.2, -0.15) is 0 Å². The van der Waals surface area contributed by atoms with Gasteiger partial charge in [0.05, 0.1) is 32.0 Å². The predicted octanol–water partition coefficient (Wildman–Crippen LogP) is 0.685. The van der Waals surface area contributed by atoms with Gasteiger partial charge in [0.2, 0.25) is 0 Å². The van der Waals surface area contributed by atoms with Crippen LogP contribution in [0.5, 0.6) is 0 Å². The fourth-order valence-electron chi connectivity index (χ4n) is 2.46. The molecular formula is C12H23NO3. The van der Waals surface area contributed by atoms with E-state index in [1.165, 1.54) is 12.8 Å². The molecule has 3 atom stereocenters. The molecule has 4 heteroatoms. The van der Waals surface area contributed by atoms with Gasteiger partial charge < -0.3 is 19.9 Å². The standard InChI is InChI=1S/C12H23NO3/c14-12-5-3-1-2-4-11(12)13-8-10-9-15-6-7-16-10/h10-14H,1-9H2. The van der Waals surface area contributed by atoms with Crippen molar-refractivity contribution < 1.29 is 14.6 Å². The van der Waals surface area contributed by atoms with Crippen LogP contribution in [0.25, 0.3) is 0 Å². The van der Waals surface area contributed by atoms with E-state index in [4.69, 9.17) is 9.47 Å². The van der Waals surface area contributed by atoms with Crippen LogP contribution in [0.1, 0.15) is 32.1 Å². The molecule has 0 spiro atoms. The Morgan fingerprint density at radius 1 is 1.12 bits per heavy atom. The molecule has 2 rings (SSSR count). The lowest BCUT2D eigenvalue weighted by Gasteiger charge is -2.27. The van der Waals surface area contributed by atoms with Gasteiger partial charge in [-0.15, -0.1) is 0 Å². The maximum atomic E-state index is 9.94. The van der Waals surface area contributed by atoms with Crippen molar-refractivity contribution in [2.75, 3.05) is 26.4 Å². The van der Waals surface area contributed by atoms with Gasteiger partial charge in [-0.05, 0) is 12.8 Å². The fraction of sp³-hybridized carbons (Fsp3) is 1.00. The number of ether oxygens (including phenoxy) is 2. The molecule has 0 amide bonds. The Morgan fingerprint density at radius 3 is 2.81 bits per heavy atom. The summed E-state index contributed by atoms with van der Waals surface area (Å²) in [6, 6.07) is 0.244. The summed E-state index contributed by atoms with van der Waals surface area (Å²) in [7, 11) is 0. The number of nitrogens with one attached hydrogen (secondary N) is 1. The minimum atomic E-state index is -0.188. The van der Waals surface area contributed by atoms with Crippen molar-refractivity contribution in [1.82, 2.24) is 5.32 Å². The maximum absolute atomic E-state index is 9.94. The summed E-state index contributed by atoms with van der Waals surface area (Å²) >= 11 is 0. The highest BCUT2D eigenvalue weighted by atomic mass is 16.6. The smallest absolute Gasteiger partial charge is 0.0933 e. The highest BCUT2D eigenvalue weighted by Gasteiger charge is 2.23. The zero-order chi connectivity index (χ0) is 11.2. The van der Waals surface area contributed by atoms with Crippen LogP contribution >= 0.6 is 0 Å². The molecule has 1 saturated heterocycles. The largest absolute Gasteiger partial charge is 0.392 e. The summed E-state index contributed by atoms with van der Waals surface area (Å²) in [5.41, 5.74) is 0. The summed E-state index contributed by atoms with van der Waals surface area (Å²) in [4.78, 5) is 0. The van der Waals surface area contributed by atoms with E-state index >= 15 is 0 Å². The average Bonchev–Trinajstić information content (AvgIpc) is 2.53. The molecule has 0 aromatic rings. The number of rotatable bonds is 3. The summed E-state index contributed by atoms with van der Waals surface area (Å²) in [5.74, 6) is 0. The SMILES string of the molecule is OC1CCCCCC1NCC1COCCO1. The first-order chi connectivity index (χ1) is 7.86. The van der Waals surface area contributed by atoms with Crippen molar-refractivity contribution in [2.45, 2.75) is 50.4 Å². The molecule has 0 radical (unpaired) electrons. The summed E-state index contributed by atoms with van der Waals surface area (Å²) < 4.78 is 10.9. The number of aliphatic hydroxyl groups excluding tert-OH is 1. The molecule has 94 valence electrons. The van der Waals surface area contributed by atoms with E-state index in [1.807, 2.05) is 0 Å². The van der Waals surface area contributed by atoms with E-state index < -0.39 is 0 Å². The minimum absolute atomic E-state index is 0.157. The van der Waals surface area contributed by atoms with Crippen LogP contribution in [0, 0.1) is 0 Å². The first-order valence-electron chi connectivity index (χ1n) is 6.47. The van der Waals surface area contributed by atoms with Crippen molar-refractivity contribution in [2.24, 2.45) is 0 Å². The Morgan fingerprint density at radius 2 is 2.00 bits per heavy atom. The van der Waals surface area contributed by atoms with Crippen LogP contribution in [-0.4, -0.2) is 49.7 Å². The molecule has 1 saturated carbocycles. The molecule has 2 fully saturated rings. The van der Waals surface area contributed by atoms with Gasteiger partial charge in [0.25, 0.3) is 0 Å². The van der Waals surface area contributed by atoms with Crippen molar-refractivity contribution in [1.29, 1.82) is 0 Å². The third-order valence-corrected chi connectivity index (χ3v) is 3.47. The fourth-order valence-corrected chi connectivity index (χ4v) is 2.46. The molecule has 2 N–H and O–H groups in total. The molecular weight excluding hydrogens is 206 g/mol. The predicted molar refractivity (Wildman–Crippen MR) is 61.4 cm³/mol. The molecule has 16 heavy (non-hydrogen) atoms. The molecule has 0 bridgehead atoms. The van der Waals surface area contributed by atoms with E-state index in [9.17, 15) is 5.11 Å². The topological polar surface area (TPSA) is 50.7 Å². The Hall–Kier alpha value is -0.160. The van der Waals surface area contributed by atoms with E-state index in [0.717, 1.165) is 25.8 Å². The van der Waals surface area contributed by atoms with Crippen molar-refractivity contribution in [3.63, 3.8) is 0 Å². The van der Waals surface area contributed by atoms with Crippen LogP contribution in [-0.2, 0) is 9.47 Å². The van der Waals surface area contributed by atoms with Crippen molar-refractivity contribution in [3.8, 4) is 0 Å². The van der Waals surface area contributed by atoms with Crippen LogP contribution in [0.3, 0.4) is 0 Å².